The fraction of sp³-hybridized carbons (Fsp3) is 0.429. The van der Waals surface area contributed by atoms with E-state index in [1.54, 1.807) is 29.2 Å². The number of thiophene rings is 1. The maximum atomic E-state index is 13.4. The number of ether oxygens (including phenoxy) is 1. The van der Waals surface area contributed by atoms with Gasteiger partial charge in [-0.05, 0) is 30.0 Å². The standard InChI is InChI=1S/C21H23ClN6O4S2/c22-15-4-3-14-10-19(33-18(14)11-15)34(30,31)26-8-9-27(16(12-26)2-1-6-23)21(29)28-7-5-17-20(25-28)32-13-24-17/h3-4,10-11,16,24-25H,1-2,5,7-9,12-13H2. The first-order chi connectivity index (χ1) is 16.4. The number of hydrogen-bond acceptors (Lipinski definition) is 8. The zero-order valence-corrected chi connectivity index (χ0v) is 20.5. The molecule has 10 nitrogen and oxygen atoms in total. The van der Waals surface area contributed by atoms with E-state index in [0.29, 0.717) is 37.0 Å². The number of urea groups is 1. The summed E-state index contributed by atoms with van der Waals surface area (Å²) in [6, 6.07) is 8.39. The summed E-state index contributed by atoms with van der Waals surface area (Å²) in [6.45, 7) is 1.36. The molecule has 1 aromatic carbocycles. The van der Waals surface area contributed by atoms with Crippen molar-refractivity contribution < 1.29 is 17.9 Å². The van der Waals surface area contributed by atoms with Crippen LogP contribution >= 0.6 is 22.9 Å². The van der Waals surface area contributed by atoms with E-state index in [1.807, 2.05) is 0 Å². The van der Waals surface area contributed by atoms with Gasteiger partial charge in [-0.2, -0.15) is 9.57 Å². The van der Waals surface area contributed by atoms with Crippen LogP contribution in [0.15, 0.2) is 40.1 Å². The molecule has 1 unspecified atom stereocenters. The van der Waals surface area contributed by atoms with Crippen LogP contribution in [0.5, 0.6) is 0 Å². The van der Waals surface area contributed by atoms with E-state index in [0.717, 1.165) is 15.8 Å². The van der Waals surface area contributed by atoms with Gasteiger partial charge in [0.25, 0.3) is 10.0 Å². The van der Waals surface area contributed by atoms with Crippen molar-refractivity contribution in [2.24, 2.45) is 0 Å². The van der Waals surface area contributed by atoms with Crippen molar-refractivity contribution in [3.63, 3.8) is 0 Å². The number of benzene rings is 1. The van der Waals surface area contributed by atoms with E-state index in [-0.39, 0.29) is 36.3 Å². The zero-order chi connectivity index (χ0) is 23.9. The van der Waals surface area contributed by atoms with E-state index in [2.05, 4.69) is 16.8 Å². The Morgan fingerprint density at radius 2 is 2.15 bits per heavy atom. The highest BCUT2D eigenvalue weighted by atomic mass is 35.5. The molecule has 1 atom stereocenters. The summed E-state index contributed by atoms with van der Waals surface area (Å²) < 4.78 is 34.8. The third kappa shape index (κ3) is 4.24. The molecular formula is C21H23ClN6O4S2. The maximum Gasteiger partial charge on any atom is 0.339 e. The fourth-order valence-corrected chi connectivity index (χ4v) is 7.67. The fourth-order valence-electron chi connectivity index (χ4n) is 4.38. The first kappa shape index (κ1) is 23.0. The van der Waals surface area contributed by atoms with Crippen LogP contribution in [-0.2, 0) is 14.8 Å². The predicted octanol–water partition coefficient (Wildman–Crippen LogP) is 2.61. The van der Waals surface area contributed by atoms with E-state index in [9.17, 15) is 13.2 Å². The van der Waals surface area contributed by atoms with Gasteiger partial charge in [0.05, 0.1) is 11.8 Å². The average molecular weight is 523 g/mol. The summed E-state index contributed by atoms with van der Waals surface area (Å²) >= 11 is 7.24. The van der Waals surface area contributed by atoms with Gasteiger partial charge in [0, 0.05) is 54.8 Å². The van der Waals surface area contributed by atoms with Gasteiger partial charge in [-0.3, -0.25) is 5.43 Å². The quantitative estimate of drug-likeness (QED) is 0.633. The second-order valence-electron chi connectivity index (χ2n) is 8.22. The average Bonchev–Trinajstić information content (AvgIpc) is 3.48. The third-order valence-electron chi connectivity index (χ3n) is 6.16. The number of hydrazine groups is 1. The molecule has 5 rings (SSSR count). The molecule has 180 valence electrons. The second kappa shape index (κ2) is 9.14. The normalized spacial score (nSPS) is 21.0. The Balaban J connectivity index is 1.34. The molecule has 34 heavy (non-hydrogen) atoms. The Labute approximate surface area is 206 Å². The van der Waals surface area contributed by atoms with Crippen molar-refractivity contribution in [3.05, 3.63) is 40.9 Å². The van der Waals surface area contributed by atoms with Crippen LogP contribution in [0.2, 0.25) is 5.02 Å². The lowest BCUT2D eigenvalue weighted by atomic mass is 10.1. The number of hydrogen-bond donors (Lipinski definition) is 2. The lowest BCUT2D eigenvalue weighted by Crippen LogP contribution is -2.61. The molecule has 0 bridgehead atoms. The topological polar surface area (TPSA) is 118 Å². The Hall–Kier alpha value is -2.72. The number of piperazine rings is 1. The van der Waals surface area contributed by atoms with Gasteiger partial charge in [-0.25, -0.2) is 18.2 Å². The smallest absolute Gasteiger partial charge is 0.339 e. The van der Waals surface area contributed by atoms with E-state index < -0.39 is 16.1 Å². The number of carbonyl (C=O) groups excluding carboxylic acids is 1. The summed E-state index contributed by atoms with van der Waals surface area (Å²) in [6.07, 6.45) is 1.25. The summed E-state index contributed by atoms with van der Waals surface area (Å²) in [5, 5.41) is 15.1. The van der Waals surface area contributed by atoms with Crippen molar-refractivity contribution in [1.29, 1.82) is 5.26 Å². The van der Waals surface area contributed by atoms with Crippen molar-refractivity contribution in [1.82, 2.24) is 25.0 Å². The van der Waals surface area contributed by atoms with Gasteiger partial charge in [-0.15, -0.1) is 11.3 Å². The number of nitrogens with one attached hydrogen (secondary N) is 2. The van der Waals surface area contributed by atoms with Crippen LogP contribution in [0.4, 0.5) is 4.79 Å². The molecule has 3 aliphatic heterocycles. The van der Waals surface area contributed by atoms with Crippen molar-refractivity contribution in [3.8, 4) is 6.07 Å². The van der Waals surface area contributed by atoms with Crippen LogP contribution in [-0.4, -0.2) is 67.6 Å². The molecule has 0 spiro atoms. The van der Waals surface area contributed by atoms with Gasteiger partial charge in [-0.1, -0.05) is 17.7 Å². The molecule has 2 amide bonds. The van der Waals surface area contributed by atoms with E-state index in [1.165, 1.54) is 20.7 Å². The van der Waals surface area contributed by atoms with Gasteiger partial charge < -0.3 is 15.0 Å². The largest absolute Gasteiger partial charge is 0.456 e. The van der Waals surface area contributed by atoms with E-state index >= 15 is 0 Å². The minimum Gasteiger partial charge on any atom is -0.456 e. The van der Waals surface area contributed by atoms with Crippen LogP contribution in [0.1, 0.15) is 19.3 Å². The summed E-state index contributed by atoms with van der Waals surface area (Å²) in [5.74, 6) is 0.541. The summed E-state index contributed by atoms with van der Waals surface area (Å²) in [5.41, 5.74) is 3.94. The Morgan fingerprint density at radius 1 is 1.29 bits per heavy atom. The minimum absolute atomic E-state index is 0.130. The number of fused-ring (bicyclic) bond motifs is 1. The van der Waals surface area contributed by atoms with Crippen LogP contribution in [0, 0.1) is 11.3 Å². The number of nitriles is 1. The monoisotopic (exact) mass is 522 g/mol. The Kier molecular flexibility index (Phi) is 6.20. The number of nitrogens with zero attached hydrogens (tertiary/aromatic N) is 4. The highest BCUT2D eigenvalue weighted by Gasteiger charge is 2.39. The number of carbonyl (C=O) groups is 1. The minimum atomic E-state index is -3.76. The van der Waals surface area contributed by atoms with Crippen molar-refractivity contribution in [2.45, 2.75) is 29.5 Å². The molecule has 0 aliphatic carbocycles. The highest BCUT2D eigenvalue weighted by molar-refractivity contribution is 7.91. The Morgan fingerprint density at radius 3 is 2.97 bits per heavy atom. The zero-order valence-electron chi connectivity index (χ0n) is 18.2. The molecule has 1 fully saturated rings. The first-order valence-electron chi connectivity index (χ1n) is 10.9. The van der Waals surface area contributed by atoms with Crippen molar-refractivity contribution in [2.75, 3.05) is 32.9 Å². The number of halogens is 1. The number of rotatable bonds is 4. The van der Waals surface area contributed by atoms with Crippen molar-refractivity contribution >= 4 is 49.1 Å². The van der Waals surface area contributed by atoms with E-state index in [4.69, 9.17) is 21.6 Å². The van der Waals surface area contributed by atoms with Gasteiger partial charge in [0.1, 0.15) is 4.21 Å². The molecular weight excluding hydrogens is 500 g/mol. The van der Waals surface area contributed by atoms with Gasteiger partial charge in [0.2, 0.25) is 5.88 Å². The molecule has 1 saturated heterocycles. The SMILES string of the molecule is N#CCCC1CN(S(=O)(=O)c2cc3ccc(Cl)cc3s2)CCN1C(=O)N1CCC2=C(N1)OCN2. The molecule has 0 radical (unpaired) electrons. The molecule has 2 aromatic rings. The molecule has 1 aromatic heterocycles. The highest BCUT2D eigenvalue weighted by Crippen LogP contribution is 2.34. The van der Waals surface area contributed by atoms with Crippen LogP contribution in [0.3, 0.4) is 0 Å². The third-order valence-corrected chi connectivity index (χ3v) is 9.81. The molecule has 13 heteroatoms. The summed E-state index contributed by atoms with van der Waals surface area (Å²) in [7, 11) is -3.76. The second-order valence-corrected chi connectivity index (χ2v) is 11.9. The van der Waals surface area contributed by atoms with Gasteiger partial charge >= 0.3 is 6.03 Å². The molecule has 3 aliphatic rings. The maximum absolute atomic E-state index is 13.4. The van der Waals surface area contributed by atoms with Gasteiger partial charge in [0.15, 0.2) is 6.73 Å². The number of sulfonamides is 1. The van der Waals surface area contributed by atoms with Crippen LogP contribution < -0.4 is 10.7 Å². The lowest BCUT2D eigenvalue weighted by Gasteiger charge is -2.43. The molecule has 4 heterocycles. The van der Waals surface area contributed by atoms with Crippen LogP contribution in [0.25, 0.3) is 10.1 Å². The first-order valence-corrected chi connectivity index (χ1v) is 13.5. The lowest BCUT2D eigenvalue weighted by molar-refractivity contribution is 0.0723. The number of amides is 2. The molecule has 0 saturated carbocycles. The molecule has 2 N–H and O–H groups in total. The summed E-state index contributed by atoms with van der Waals surface area (Å²) in [4.78, 5) is 15.0. The predicted molar refractivity (Wildman–Crippen MR) is 127 cm³/mol. The Bertz CT molecular complexity index is 1300.